The summed E-state index contributed by atoms with van der Waals surface area (Å²) >= 11 is 0. The summed E-state index contributed by atoms with van der Waals surface area (Å²) < 4.78 is 11.3. The van der Waals surface area contributed by atoms with Crippen LogP contribution < -0.4 is 5.32 Å². The lowest BCUT2D eigenvalue weighted by Crippen LogP contribution is -2.64. The topological polar surface area (TPSA) is 108 Å². The zero-order chi connectivity index (χ0) is 22.9. The molecule has 0 aromatic carbocycles. The van der Waals surface area contributed by atoms with Crippen molar-refractivity contribution in [1.82, 2.24) is 5.32 Å². The molecule has 0 spiro atoms. The van der Waals surface area contributed by atoms with Crippen molar-refractivity contribution >= 4 is 5.91 Å². The third-order valence-corrected chi connectivity index (χ3v) is 6.03. The lowest BCUT2D eigenvalue weighted by molar-refractivity contribution is -0.270. The van der Waals surface area contributed by atoms with Crippen LogP contribution in [-0.2, 0) is 14.3 Å². The molecule has 1 aliphatic rings. The van der Waals surface area contributed by atoms with E-state index in [1.54, 1.807) is 0 Å². The molecule has 1 aliphatic heterocycles. The quantitative estimate of drug-likeness (QED) is 0.241. The molecule has 1 amide bonds. The van der Waals surface area contributed by atoms with Crippen molar-refractivity contribution in [2.45, 2.75) is 134 Å². The molecule has 7 heteroatoms. The summed E-state index contributed by atoms with van der Waals surface area (Å²) in [6, 6.07) is -0.859. The number of aliphatic hydroxyl groups is 3. The third-order valence-electron chi connectivity index (χ3n) is 6.03. The molecular weight excluding hydrogens is 398 g/mol. The molecule has 1 saturated heterocycles. The first-order chi connectivity index (χ1) is 15.0. The molecule has 5 unspecified atom stereocenters. The maximum atomic E-state index is 11.4. The fourth-order valence-corrected chi connectivity index (χ4v) is 4.11. The molecule has 184 valence electrons. The number of carbonyl (C=O) groups excluding carboxylic acids is 1. The third kappa shape index (κ3) is 12.2. The normalized spacial score (nSPS) is 26.2. The average molecular weight is 446 g/mol. The first-order valence-electron chi connectivity index (χ1n) is 12.5. The van der Waals surface area contributed by atoms with Crippen molar-refractivity contribution in [2.75, 3.05) is 13.2 Å². The molecule has 1 fully saturated rings. The molecule has 7 nitrogen and oxygen atoms in total. The van der Waals surface area contributed by atoms with Gasteiger partial charge >= 0.3 is 0 Å². The Morgan fingerprint density at radius 2 is 1.32 bits per heavy atom. The van der Waals surface area contributed by atoms with Gasteiger partial charge in [0.1, 0.15) is 24.4 Å². The number of hydrogen-bond donors (Lipinski definition) is 4. The Morgan fingerprint density at radius 3 is 1.77 bits per heavy atom. The van der Waals surface area contributed by atoms with Gasteiger partial charge in [-0.1, -0.05) is 90.4 Å². The molecule has 4 N–H and O–H groups in total. The standard InChI is InChI=1S/C24H47NO6/c1-3-4-5-6-7-8-9-10-11-12-13-14-15-16-17-30-24-21(25-19(2)27)23(29)22(28)20(18-26)31-24/h20-24,26,28-29H,3-18H2,1-2H3,(H,25,27). The number of hydrogen-bond acceptors (Lipinski definition) is 6. The smallest absolute Gasteiger partial charge is 0.217 e. The van der Waals surface area contributed by atoms with Crippen LogP contribution in [0.3, 0.4) is 0 Å². The number of carbonyl (C=O) groups is 1. The van der Waals surface area contributed by atoms with Crippen molar-refractivity contribution in [3.8, 4) is 0 Å². The fourth-order valence-electron chi connectivity index (χ4n) is 4.11. The Kier molecular flexibility index (Phi) is 16.2. The highest BCUT2D eigenvalue weighted by Crippen LogP contribution is 2.22. The van der Waals surface area contributed by atoms with E-state index in [4.69, 9.17) is 9.47 Å². The number of rotatable bonds is 18. The number of amides is 1. The van der Waals surface area contributed by atoms with Crippen LogP contribution in [0.4, 0.5) is 0 Å². The minimum absolute atomic E-state index is 0.340. The average Bonchev–Trinajstić information content (AvgIpc) is 2.75. The van der Waals surface area contributed by atoms with Gasteiger partial charge in [-0.2, -0.15) is 0 Å². The summed E-state index contributed by atoms with van der Waals surface area (Å²) in [4.78, 5) is 11.4. The lowest BCUT2D eigenvalue weighted by atomic mass is 9.97. The second-order valence-electron chi connectivity index (χ2n) is 8.90. The lowest BCUT2D eigenvalue weighted by Gasteiger charge is -2.42. The zero-order valence-electron chi connectivity index (χ0n) is 19.8. The van der Waals surface area contributed by atoms with Crippen LogP contribution >= 0.6 is 0 Å². The molecule has 1 heterocycles. The SMILES string of the molecule is CCCCCCCCCCCCCCCCOC1OC(CO)C(O)C(O)C1NC(C)=O. The Bertz CT molecular complexity index is 450. The highest BCUT2D eigenvalue weighted by Gasteiger charge is 2.45. The maximum Gasteiger partial charge on any atom is 0.217 e. The Labute approximate surface area is 188 Å². The van der Waals surface area contributed by atoms with Crippen LogP contribution in [0.25, 0.3) is 0 Å². The van der Waals surface area contributed by atoms with E-state index in [0.717, 1.165) is 12.8 Å². The van der Waals surface area contributed by atoms with Gasteiger partial charge in [-0.25, -0.2) is 0 Å². The Balaban J connectivity index is 2.07. The summed E-state index contributed by atoms with van der Waals surface area (Å²) in [5.41, 5.74) is 0. The fraction of sp³-hybridized carbons (Fsp3) is 0.958. The van der Waals surface area contributed by atoms with Crippen LogP contribution in [0.5, 0.6) is 0 Å². The van der Waals surface area contributed by atoms with Gasteiger partial charge in [0.05, 0.1) is 6.61 Å². The van der Waals surface area contributed by atoms with E-state index in [0.29, 0.717) is 6.61 Å². The minimum atomic E-state index is -1.28. The maximum absolute atomic E-state index is 11.4. The molecule has 0 aliphatic carbocycles. The van der Waals surface area contributed by atoms with Gasteiger partial charge in [-0.3, -0.25) is 4.79 Å². The highest BCUT2D eigenvalue weighted by atomic mass is 16.7. The Morgan fingerprint density at radius 1 is 0.839 bits per heavy atom. The van der Waals surface area contributed by atoms with Crippen LogP contribution in [0.2, 0.25) is 0 Å². The van der Waals surface area contributed by atoms with Crippen LogP contribution in [0, 0.1) is 0 Å². The van der Waals surface area contributed by atoms with Gasteiger partial charge in [0, 0.05) is 13.5 Å². The molecular formula is C24H47NO6. The van der Waals surface area contributed by atoms with E-state index < -0.39 is 37.3 Å². The number of ether oxygens (including phenoxy) is 2. The predicted molar refractivity (Wildman–Crippen MR) is 122 cm³/mol. The van der Waals surface area contributed by atoms with Crippen LogP contribution in [0.1, 0.15) is 104 Å². The summed E-state index contributed by atoms with van der Waals surface area (Å²) in [5.74, 6) is -0.340. The summed E-state index contributed by atoms with van der Waals surface area (Å²) in [6.45, 7) is 3.61. The molecule has 31 heavy (non-hydrogen) atoms. The van der Waals surface area contributed by atoms with E-state index in [-0.39, 0.29) is 5.91 Å². The van der Waals surface area contributed by atoms with Crippen molar-refractivity contribution in [3.63, 3.8) is 0 Å². The van der Waals surface area contributed by atoms with E-state index in [1.165, 1.54) is 84.0 Å². The van der Waals surface area contributed by atoms with Crippen molar-refractivity contribution in [1.29, 1.82) is 0 Å². The van der Waals surface area contributed by atoms with Crippen molar-refractivity contribution < 1.29 is 29.6 Å². The zero-order valence-corrected chi connectivity index (χ0v) is 19.8. The Hall–Kier alpha value is -0.730. The first-order valence-corrected chi connectivity index (χ1v) is 12.5. The predicted octanol–water partition coefficient (Wildman–Crippen LogP) is 3.43. The first kappa shape index (κ1) is 28.3. The summed E-state index contributed by atoms with van der Waals surface area (Å²) in [7, 11) is 0. The molecule has 0 bridgehead atoms. The molecule has 0 radical (unpaired) electrons. The molecule has 5 atom stereocenters. The van der Waals surface area contributed by atoms with E-state index in [9.17, 15) is 20.1 Å². The monoisotopic (exact) mass is 445 g/mol. The van der Waals surface area contributed by atoms with Crippen LogP contribution in [-0.4, -0.2) is 65.1 Å². The van der Waals surface area contributed by atoms with Crippen molar-refractivity contribution in [3.05, 3.63) is 0 Å². The molecule has 0 aromatic heterocycles. The van der Waals surface area contributed by atoms with Gasteiger partial charge in [0.25, 0.3) is 0 Å². The number of aliphatic hydroxyl groups excluding tert-OH is 3. The molecule has 0 saturated carbocycles. The minimum Gasteiger partial charge on any atom is -0.394 e. The van der Waals surface area contributed by atoms with Crippen molar-refractivity contribution in [2.24, 2.45) is 0 Å². The molecule has 0 aromatic rings. The summed E-state index contributed by atoms with van der Waals surface area (Å²) in [5, 5.41) is 32.2. The van der Waals surface area contributed by atoms with E-state index >= 15 is 0 Å². The summed E-state index contributed by atoms with van der Waals surface area (Å²) in [6.07, 6.45) is 13.6. The van der Waals surface area contributed by atoms with Crippen LogP contribution in [0.15, 0.2) is 0 Å². The highest BCUT2D eigenvalue weighted by molar-refractivity contribution is 5.73. The van der Waals surface area contributed by atoms with Gasteiger partial charge in [0.15, 0.2) is 6.29 Å². The van der Waals surface area contributed by atoms with E-state index in [2.05, 4.69) is 12.2 Å². The van der Waals surface area contributed by atoms with Gasteiger partial charge in [-0.05, 0) is 6.42 Å². The largest absolute Gasteiger partial charge is 0.394 e. The van der Waals surface area contributed by atoms with Gasteiger partial charge < -0.3 is 30.1 Å². The van der Waals surface area contributed by atoms with E-state index in [1.807, 2.05) is 0 Å². The molecule has 1 rings (SSSR count). The second kappa shape index (κ2) is 17.8. The van der Waals surface area contributed by atoms with Gasteiger partial charge in [0.2, 0.25) is 5.91 Å². The van der Waals surface area contributed by atoms with Gasteiger partial charge in [-0.15, -0.1) is 0 Å². The number of unbranched alkanes of at least 4 members (excludes halogenated alkanes) is 13. The number of nitrogens with one attached hydrogen (secondary N) is 1. The second-order valence-corrected chi connectivity index (χ2v) is 8.90.